The molecule has 0 amide bonds. The predicted molar refractivity (Wildman–Crippen MR) is 124 cm³/mol. The molecule has 0 aliphatic carbocycles. The Bertz CT molecular complexity index is 999. The monoisotopic (exact) mass is 421 g/mol. The van der Waals surface area contributed by atoms with Crippen LogP contribution < -0.4 is 16.0 Å². The fraction of sp³-hybridized carbons (Fsp3) is 0.455. The highest BCUT2D eigenvalue weighted by Gasteiger charge is 2.24. The number of aliphatic imine (C=N–C) groups is 1. The minimum Gasteiger partial charge on any atom is -0.368 e. The van der Waals surface area contributed by atoms with Gasteiger partial charge in [-0.2, -0.15) is 5.10 Å². The molecule has 1 fully saturated rings. The van der Waals surface area contributed by atoms with Crippen LogP contribution in [-0.2, 0) is 13.6 Å². The summed E-state index contributed by atoms with van der Waals surface area (Å²) in [7, 11) is 3.68. The van der Waals surface area contributed by atoms with Crippen molar-refractivity contribution in [2.45, 2.75) is 25.4 Å². The van der Waals surface area contributed by atoms with E-state index >= 15 is 0 Å². The summed E-state index contributed by atoms with van der Waals surface area (Å²) in [5.41, 5.74) is 2.19. The van der Waals surface area contributed by atoms with Crippen LogP contribution in [0.5, 0.6) is 0 Å². The lowest BCUT2D eigenvalue weighted by Gasteiger charge is -2.25. The third-order valence-electron chi connectivity index (χ3n) is 5.70. The third-order valence-corrected chi connectivity index (χ3v) is 5.70. The minimum absolute atomic E-state index is 0.525. The molecule has 1 unspecified atom stereocenters. The van der Waals surface area contributed by atoms with Crippen molar-refractivity contribution in [1.82, 2.24) is 35.3 Å². The summed E-state index contributed by atoms with van der Waals surface area (Å²) in [6.07, 6.45) is 5.81. The summed E-state index contributed by atoms with van der Waals surface area (Å²) in [4.78, 5) is 15.5. The van der Waals surface area contributed by atoms with Gasteiger partial charge in [0.2, 0.25) is 0 Å². The van der Waals surface area contributed by atoms with Gasteiger partial charge in [0.15, 0.2) is 11.6 Å². The number of rotatable bonds is 8. The number of fused-ring (bicyclic) bond motifs is 1. The van der Waals surface area contributed by atoms with Gasteiger partial charge in [-0.1, -0.05) is 30.3 Å². The van der Waals surface area contributed by atoms with Gasteiger partial charge in [0.05, 0.1) is 11.6 Å². The molecule has 2 aromatic heterocycles. The van der Waals surface area contributed by atoms with Crippen LogP contribution in [0.15, 0.2) is 47.8 Å². The number of likely N-dealkylation sites (tertiary alicyclic amines) is 1. The van der Waals surface area contributed by atoms with Crippen molar-refractivity contribution >= 4 is 22.8 Å². The zero-order valence-electron chi connectivity index (χ0n) is 18.3. The largest absolute Gasteiger partial charge is 0.368 e. The minimum atomic E-state index is 0.525. The van der Waals surface area contributed by atoms with Crippen LogP contribution in [0.1, 0.15) is 18.4 Å². The molecule has 1 saturated heterocycles. The van der Waals surface area contributed by atoms with E-state index in [0.717, 1.165) is 49.0 Å². The van der Waals surface area contributed by atoms with Crippen LogP contribution >= 0.6 is 0 Å². The molecule has 0 spiro atoms. The van der Waals surface area contributed by atoms with Crippen LogP contribution in [-0.4, -0.2) is 69.9 Å². The molecule has 3 N–H and O–H groups in total. The van der Waals surface area contributed by atoms with Crippen molar-refractivity contribution in [2.24, 2.45) is 12.0 Å². The number of hydrogen-bond donors (Lipinski definition) is 3. The molecule has 31 heavy (non-hydrogen) atoms. The molecule has 3 heterocycles. The standard InChI is InChI=1S/C22H31N9/c1-23-22(25-11-10-24-20-19-14-29-30(2)21(19)28-16-27-20)26-13-18-9-6-12-31(18)15-17-7-4-3-5-8-17/h3-5,7-8,14,16,18H,6,9-13,15H2,1-2H3,(H2,23,25,26)(H,24,27,28). The Labute approximate surface area is 183 Å². The lowest BCUT2D eigenvalue weighted by molar-refractivity contribution is 0.245. The van der Waals surface area contributed by atoms with E-state index in [2.05, 4.69) is 71.2 Å². The van der Waals surface area contributed by atoms with Crippen LogP contribution in [0.2, 0.25) is 0 Å². The first-order valence-corrected chi connectivity index (χ1v) is 10.8. The summed E-state index contributed by atoms with van der Waals surface area (Å²) in [5.74, 6) is 1.62. The Morgan fingerprint density at radius 3 is 2.87 bits per heavy atom. The summed E-state index contributed by atoms with van der Waals surface area (Å²) in [6, 6.07) is 11.2. The van der Waals surface area contributed by atoms with E-state index in [0.29, 0.717) is 12.6 Å². The van der Waals surface area contributed by atoms with E-state index in [1.54, 1.807) is 17.2 Å². The number of guanidine groups is 1. The average molecular weight is 422 g/mol. The first kappa shape index (κ1) is 21.0. The Morgan fingerprint density at radius 1 is 1.16 bits per heavy atom. The number of aromatic nitrogens is 4. The highest BCUT2D eigenvalue weighted by molar-refractivity contribution is 5.86. The summed E-state index contributed by atoms with van der Waals surface area (Å²) < 4.78 is 1.75. The van der Waals surface area contributed by atoms with Crippen molar-refractivity contribution < 1.29 is 0 Å². The van der Waals surface area contributed by atoms with E-state index in [1.807, 2.05) is 14.1 Å². The van der Waals surface area contributed by atoms with Crippen molar-refractivity contribution in [2.75, 3.05) is 38.5 Å². The fourth-order valence-corrected chi connectivity index (χ4v) is 4.05. The summed E-state index contributed by atoms with van der Waals surface area (Å²) >= 11 is 0. The average Bonchev–Trinajstić information content (AvgIpc) is 3.41. The zero-order chi connectivity index (χ0) is 21.5. The maximum absolute atomic E-state index is 4.37. The van der Waals surface area contributed by atoms with Gasteiger partial charge in [-0.05, 0) is 24.9 Å². The molecule has 0 bridgehead atoms. The number of nitrogens with zero attached hydrogens (tertiary/aromatic N) is 6. The quantitative estimate of drug-likeness (QED) is 0.289. The highest BCUT2D eigenvalue weighted by Crippen LogP contribution is 2.19. The molecule has 0 saturated carbocycles. The Balaban J connectivity index is 1.21. The summed E-state index contributed by atoms with van der Waals surface area (Å²) in [6.45, 7) is 4.49. The molecule has 1 aliphatic heterocycles. The van der Waals surface area contributed by atoms with E-state index in [9.17, 15) is 0 Å². The van der Waals surface area contributed by atoms with Crippen molar-refractivity contribution in [1.29, 1.82) is 0 Å². The van der Waals surface area contributed by atoms with Crippen LogP contribution in [0, 0.1) is 0 Å². The van der Waals surface area contributed by atoms with Gasteiger partial charge >= 0.3 is 0 Å². The van der Waals surface area contributed by atoms with Gasteiger partial charge in [0.25, 0.3) is 0 Å². The van der Waals surface area contributed by atoms with Crippen molar-refractivity contribution in [3.63, 3.8) is 0 Å². The second kappa shape index (κ2) is 10.2. The van der Waals surface area contributed by atoms with Gasteiger partial charge in [-0.15, -0.1) is 0 Å². The Kier molecular flexibility index (Phi) is 6.93. The SMILES string of the molecule is CN=C(NCCNc1ncnc2c1cnn2C)NCC1CCCN1Cc1ccccc1. The lowest BCUT2D eigenvalue weighted by Crippen LogP contribution is -2.45. The molecule has 1 aromatic carbocycles. The maximum atomic E-state index is 4.37. The second-order valence-electron chi connectivity index (χ2n) is 7.79. The third kappa shape index (κ3) is 5.29. The van der Waals surface area contributed by atoms with Gasteiger partial charge in [0, 0.05) is 46.3 Å². The smallest absolute Gasteiger partial charge is 0.191 e. The van der Waals surface area contributed by atoms with Gasteiger partial charge in [-0.3, -0.25) is 14.6 Å². The molecule has 9 heteroatoms. The highest BCUT2D eigenvalue weighted by atomic mass is 15.3. The summed E-state index contributed by atoms with van der Waals surface area (Å²) in [5, 5.41) is 15.4. The second-order valence-corrected chi connectivity index (χ2v) is 7.79. The van der Waals surface area contributed by atoms with E-state index in [1.165, 1.54) is 18.4 Å². The number of hydrogen-bond acceptors (Lipinski definition) is 6. The fourth-order valence-electron chi connectivity index (χ4n) is 4.05. The Hall–Kier alpha value is -3.20. The van der Waals surface area contributed by atoms with Crippen molar-refractivity contribution in [3.8, 4) is 0 Å². The molecule has 164 valence electrons. The molecule has 4 rings (SSSR count). The normalized spacial score (nSPS) is 17.2. The van der Waals surface area contributed by atoms with Gasteiger partial charge in [0.1, 0.15) is 12.1 Å². The van der Waals surface area contributed by atoms with Crippen LogP contribution in [0.3, 0.4) is 0 Å². The lowest BCUT2D eigenvalue weighted by atomic mass is 10.2. The number of anilines is 1. The van der Waals surface area contributed by atoms with E-state index in [4.69, 9.17) is 0 Å². The first-order chi connectivity index (χ1) is 15.2. The molecule has 3 aromatic rings. The molecular weight excluding hydrogens is 390 g/mol. The number of nitrogens with one attached hydrogen (secondary N) is 3. The number of benzene rings is 1. The molecule has 0 radical (unpaired) electrons. The Morgan fingerprint density at radius 2 is 2.03 bits per heavy atom. The van der Waals surface area contributed by atoms with E-state index in [-0.39, 0.29) is 0 Å². The van der Waals surface area contributed by atoms with Crippen LogP contribution in [0.4, 0.5) is 5.82 Å². The van der Waals surface area contributed by atoms with Crippen LogP contribution in [0.25, 0.3) is 11.0 Å². The predicted octanol–water partition coefficient (Wildman–Crippen LogP) is 1.60. The maximum Gasteiger partial charge on any atom is 0.191 e. The van der Waals surface area contributed by atoms with E-state index < -0.39 is 0 Å². The number of aryl methyl sites for hydroxylation is 1. The molecule has 1 atom stereocenters. The van der Waals surface area contributed by atoms with Gasteiger partial charge < -0.3 is 16.0 Å². The molecular formula is C22H31N9. The molecule has 1 aliphatic rings. The molecule has 9 nitrogen and oxygen atoms in total. The van der Waals surface area contributed by atoms with Crippen molar-refractivity contribution in [3.05, 3.63) is 48.4 Å². The topological polar surface area (TPSA) is 95.3 Å². The zero-order valence-corrected chi connectivity index (χ0v) is 18.3. The van der Waals surface area contributed by atoms with Gasteiger partial charge in [-0.25, -0.2) is 9.97 Å². The first-order valence-electron chi connectivity index (χ1n) is 10.8.